The molecule has 7 heteroatoms. The lowest BCUT2D eigenvalue weighted by molar-refractivity contribution is -0.253. The molecule has 7 fully saturated rings. The minimum atomic E-state index is -0.539. The van der Waals surface area contributed by atoms with Crippen LogP contribution in [0.15, 0.2) is 48.5 Å². The molecule has 2 aliphatic heterocycles. The molecule has 7 aliphatic rings. The summed E-state index contributed by atoms with van der Waals surface area (Å²) in [6, 6.07) is 16.6. The summed E-state index contributed by atoms with van der Waals surface area (Å²) in [6.07, 6.45) is 11.4. The summed E-state index contributed by atoms with van der Waals surface area (Å²) in [5.74, 6) is 2.35. The van der Waals surface area contributed by atoms with Crippen LogP contribution in [-0.2, 0) is 16.1 Å². The predicted molar refractivity (Wildman–Crippen MR) is 179 cm³/mol. The first kappa shape index (κ1) is 30.9. The van der Waals surface area contributed by atoms with Crippen molar-refractivity contribution in [2.75, 3.05) is 18.4 Å². The van der Waals surface area contributed by atoms with Gasteiger partial charge in [0.05, 0.1) is 18.8 Å². The third-order valence-corrected chi connectivity index (χ3v) is 12.4. The molecule has 2 saturated heterocycles. The Kier molecular flexibility index (Phi) is 7.79. The maximum Gasteiger partial charge on any atom is 0.319 e. The van der Waals surface area contributed by atoms with Gasteiger partial charge in [-0.15, -0.1) is 0 Å². The first-order valence-corrected chi connectivity index (χ1v) is 18.0. The molecule has 3 N–H and O–H groups in total. The number of fused-ring (bicyclic) bond motifs is 2. The number of nitrogens with zero attached hydrogens (tertiary/aromatic N) is 1. The van der Waals surface area contributed by atoms with E-state index in [1.807, 2.05) is 36.4 Å². The van der Waals surface area contributed by atoms with E-state index in [4.69, 9.17) is 9.47 Å². The van der Waals surface area contributed by atoms with Gasteiger partial charge in [0.1, 0.15) is 0 Å². The number of aliphatic hydroxyl groups is 1. The number of rotatable bonds is 7. The number of anilines is 1. The highest BCUT2D eigenvalue weighted by atomic mass is 16.7. The van der Waals surface area contributed by atoms with E-state index in [9.17, 15) is 9.90 Å². The lowest BCUT2D eigenvalue weighted by Crippen LogP contribution is -2.60. The van der Waals surface area contributed by atoms with Crippen molar-refractivity contribution in [2.24, 2.45) is 28.6 Å². The van der Waals surface area contributed by atoms with Crippen molar-refractivity contribution in [2.45, 2.75) is 122 Å². The predicted octanol–water partition coefficient (Wildman–Crippen LogP) is 7.72. The molecule has 248 valence electrons. The number of hydrogen-bond donors (Lipinski definition) is 3. The van der Waals surface area contributed by atoms with Crippen molar-refractivity contribution >= 4 is 11.7 Å². The van der Waals surface area contributed by atoms with Crippen LogP contribution in [0.3, 0.4) is 0 Å². The second kappa shape index (κ2) is 11.6. The molecular weight excluding hydrogens is 574 g/mol. The summed E-state index contributed by atoms with van der Waals surface area (Å²) in [6.45, 7) is 9.38. The van der Waals surface area contributed by atoms with Crippen molar-refractivity contribution in [3.63, 3.8) is 0 Å². The minimum absolute atomic E-state index is 0.0170. The lowest BCUT2D eigenvalue weighted by atomic mass is 9.53. The SMILES string of the molecule is CC1(C)CC2CC(C)(CN2C[C@H]2C[C@@H](c3ccc(CO)cc3)O[C@@H](c3cccc(NC(=O)NC45CC6CC(CC(C6)C4)C5)c3)O2)C1. The Morgan fingerprint density at radius 2 is 1.61 bits per heavy atom. The standard InChI is InChI=1S/C39H53N3O4/c1-37(2)19-32-20-38(3,23-37)24-42(32)21-33-15-34(29-9-7-25(22-43)8-10-29)46-35(45-33)30-5-4-6-31(14-30)40-36(44)41-39-16-26-11-27(17-39)13-28(12-26)18-39/h4-10,14,26-28,32-35,43H,11-13,15-24H2,1-3H3,(H2,40,41,44)/t26?,27?,28?,32?,33-,34+,35+,38?,39?/m1/s1. The Bertz CT molecular complexity index is 1410. The largest absolute Gasteiger partial charge is 0.392 e. The van der Waals surface area contributed by atoms with Gasteiger partial charge in [0.25, 0.3) is 0 Å². The van der Waals surface area contributed by atoms with E-state index in [0.717, 1.165) is 78.9 Å². The first-order valence-electron chi connectivity index (χ1n) is 18.0. The number of benzene rings is 2. The van der Waals surface area contributed by atoms with Crippen LogP contribution in [0.4, 0.5) is 10.5 Å². The number of ether oxygens (including phenoxy) is 2. The molecule has 0 aromatic heterocycles. The number of aliphatic hydroxyl groups excluding tert-OH is 1. The Morgan fingerprint density at radius 3 is 2.30 bits per heavy atom. The van der Waals surface area contributed by atoms with Crippen LogP contribution in [0, 0.1) is 28.6 Å². The molecule has 2 unspecified atom stereocenters. The Hall–Kier alpha value is -2.45. The molecule has 2 heterocycles. The maximum absolute atomic E-state index is 13.4. The first-order chi connectivity index (χ1) is 22.0. The fraction of sp³-hybridized carbons (Fsp3) is 0.667. The van der Waals surface area contributed by atoms with E-state index in [-0.39, 0.29) is 30.4 Å². The van der Waals surface area contributed by atoms with Gasteiger partial charge in [0.15, 0.2) is 6.29 Å². The summed E-state index contributed by atoms with van der Waals surface area (Å²) < 4.78 is 13.5. The number of amides is 2. The van der Waals surface area contributed by atoms with Crippen molar-refractivity contribution < 1.29 is 19.4 Å². The van der Waals surface area contributed by atoms with Crippen molar-refractivity contribution in [3.8, 4) is 0 Å². The second-order valence-corrected chi connectivity index (χ2v) is 17.4. The van der Waals surface area contributed by atoms with E-state index in [1.54, 1.807) is 0 Å². The van der Waals surface area contributed by atoms with Gasteiger partial charge in [-0.3, -0.25) is 4.90 Å². The van der Waals surface area contributed by atoms with Gasteiger partial charge < -0.3 is 25.2 Å². The number of carbonyl (C=O) groups excluding carboxylic acids is 1. The molecule has 7 nitrogen and oxygen atoms in total. The number of nitrogens with one attached hydrogen (secondary N) is 2. The summed E-state index contributed by atoms with van der Waals surface area (Å²) in [7, 11) is 0. The molecular formula is C39H53N3O4. The quantitative estimate of drug-likeness (QED) is 0.293. The molecule has 9 rings (SSSR count). The summed E-state index contributed by atoms with van der Waals surface area (Å²) in [5, 5.41) is 16.2. The van der Waals surface area contributed by atoms with E-state index < -0.39 is 6.29 Å². The summed E-state index contributed by atoms with van der Waals surface area (Å²) in [4.78, 5) is 16.1. The van der Waals surface area contributed by atoms with Crippen LogP contribution in [0.1, 0.15) is 114 Å². The van der Waals surface area contributed by atoms with Crippen molar-refractivity contribution in [3.05, 3.63) is 65.2 Å². The third-order valence-electron chi connectivity index (χ3n) is 12.4. The maximum atomic E-state index is 13.4. The molecule has 0 spiro atoms. The van der Waals surface area contributed by atoms with Crippen LogP contribution in [0.2, 0.25) is 0 Å². The minimum Gasteiger partial charge on any atom is -0.392 e. The lowest BCUT2D eigenvalue weighted by Gasteiger charge is -2.56. The summed E-state index contributed by atoms with van der Waals surface area (Å²) >= 11 is 0. The van der Waals surface area contributed by atoms with Gasteiger partial charge in [-0.2, -0.15) is 0 Å². The zero-order chi connectivity index (χ0) is 31.7. The van der Waals surface area contributed by atoms with Crippen LogP contribution in [-0.4, -0.2) is 46.8 Å². The fourth-order valence-electron chi connectivity index (χ4n) is 11.5. The highest BCUT2D eigenvalue weighted by molar-refractivity contribution is 5.90. The number of carbonyl (C=O) groups is 1. The molecule has 2 aromatic carbocycles. The molecule has 2 aromatic rings. The highest BCUT2D eigenvalue weighted by Gasteiger charge is 2.52. The third kappa shape index (κ3) is 6.25. The monoisotopic (exact) mass is 627 g/mol. The molecule has 46 heavy (non-hydrogen) atoms. The van der Waals surface area contributed by atoms with Gasteiger partial charge in [0, 0.05) is 42.3 Å². The van der Waals surface area contributed by atoms with Crippen molar-refractivity contribution in [1.29, 1.82) is 0 Å². The molecule has 5 atom stereocenters. The smallest absolute Gasteiger partial charge is 0.319 e. The molecule has 5 saturated carbocycles. The average molecular weight is 628 g/mol. The Labute approximate surface area is 274 Å². The average Bonchev–Trinajstić information content (AvgIpc) is 3.23. The molecule has 6 bridgehead atoms. The Morgan fingerprint density at radius 1 is 0.891 bits per heavy atom. The zero-order valence-corrected chi connectivity index (χ0v) is 28.0. The highest BCUT2D eigenvalue weighted by Crippen LogP contribution is 2.56. The van der Waals surface area contributed by atoms with Crippen LogP contribution in [0.5, 0.6) is 0 Å². The molecule has 2 amide bonds. The van der Waals surface area contributed by atoms with Gasteiger partial charge in [0.2, 0.25) is 0 Å². The van der Waals surface area contributed by atoms with Gasteiger partial charge in [-0.05, 0) is 110 Å². The van der Waals surface area contributed by atoms with E-state index in [2.05, 4.69) is 48.4 Å². The summed E-state index contributed by atoms with van der Waals surface area (Å²) in [5.41, 5.74) is 4.40. The number of urea groups is 1. The van der Waals surface area contributed by atoms with E-state index >= 15 is 0 Å². The van der Waals surface area contributed by atoms with E-state index in [1.165, 1.54) is 38.5 Å². The van der Waals surface area contributed by atoms with Crippen LogP contribution < -0.4 is 10.6 Å². The molecule has 0 radical (unpaired) electrons. The second-order valence-electron chi connectivity index (χ2n) is 17.4. The molecule has 5 aliphatic carbocycles. The van der Waals surface area contributed by atoms with Gasteiger partial charge >= 0.3 is 6.03 Å². The number of likely N-dealkylation sites (tertiary alicyclic amines) is 1. The normalized spacial score (nSPS) is 39.3. The number of hydrogen-bond acceptors (Lipinski definition) is 5. The zero-order valence-electron chi connectivity index (χ0n) is 28.0. The van der Waals surface area contributed by atoms with Crippen LogP contribution >= 0.6 is 0 Å². The van der Waals surface area contributed by atoms with Crippen molar-refractivity contribution in [1.82, 2.24) is 10.2 Å². The van der Waals surface area contributed by atoms with Gasteiger partial charge in [-0.1, -0.05) is 57.2 Å². The van der Waals surface area contributed by atoms with Crippen LogP contribution in [0.25, 0.3) is 0 Å². The van der Waals surface area contributed by atoms with Gasteiger partial charge in [-0.25, -0.2) is 4.79 Å². The topological polar surface area (TPSA) is 83.1 Å². The fourth-order valence-corrected chi connectivity index (χ4v) is 11.5. The Balaban J connectivity index is 0.988. The van der Waals surface area contributed by atoms with E-state index in [0.29, 0.717) is 16.9 Å².